The summed E-state index contributed by atoms with van der Waals surface area (Å²) >= 11 is 0. The topological polar surface area (TPSA) is 80.2 Å². The van der Waals surface area contributed by atoms with E-state index in [2.05, 4.69) is 15.5 Å². The zero-order chi connectivity index (χ0) is 23.3. The van der Waals surface area contributed by atoms with E-state index in [0.29, 0.717) is 18.8 Å². The fourth-order valence-corrected chi connectivity index (χ4v) is 3.93. The van der Waals surface area contributed by atoms with Gasteiger partial charge in [-0.3, -0.25) is 9.89 Å². The van der Waals surface area contributed by atoms with Crippen molar-refractivity contribution in [1.29, 1.82) is 0 Å². The normalized spacial score (nSPS) is 11.0. The number of benzene rings is 3. The number of hydrogen-bond donors (Lipinski definition) is 2. The minimum absolute atomic E-state index is 0.0504. The van der Waals surface area contributed by atoms with Gasteiger partial charge < -0.3 is 14.5 Å². The lowest BCUT2D eigenvalue weighted by Gasteiger charge is -2.11. The first-order valence-corrected chi connectivity index (χ1v) is 11.3. The van der Waals surface area contributed by atoms with Gasteiger partial charge in [0.1, 0.15) is 18.1 Å². The Bertz CT molecular complexity index is 1390. The number of furan rings is 1. The molecule has 0 atom stereocenters. The first-order valence-electron chi connectivity index (χ1n) is 11.3. The third-order valence-corrected chi connectivity index (χ3v) is 5.64. The highest BCUT2D eigenvalue weighted by molar-refractivity contribution is 6.03. The van der Waals surface area contributed by atoms with Crippen molar-refractivity contribution >= 4 is 22.6 Å². The summed E-state index contributed by atoms with van der Waals surface area (Å²) in [6, 6.07) is 25.9. The first-order chi connectivity index (χ1) is 16.7. The van der Waals surface area contributed by atoms with Crippen molar-refractivity contribution in [1.82, 2.24) is 10.2 Å². The maximum atomic E-state index is 12.1. The second-order valence-electron chi connectivity index (χ2n) is 8.09. The average molecular weight is 452 g/mol. The quantitative estimate of drug-likeness (QED) is 0.272. The predicted molar refractivity (Wildman–Crippen MR) is 134 cm³/mol. The van der Waals surface area contributed by atoms with Crippen LogP contribution in [0, 0.1) is 0 Å². The minimum Gasteiger partial charge on any atom is -0.489 e. The molecule has 0 spiro atoms. The van der Waals surface area contributed by atoms with Crippen LogP contribution in [0.1, 0.15) is 25.3 Å². The summed E-state index contributed by atoms with van der Waals surface area (Å²) in [6.45, 7) is 2.49. The molecule has 0 aliphatic rings. The lowest BCUT2D eigenvalue weighted by molar-refractivity contribution is -0.116. The summed E-state index contributed by atoms with van der Waals surface area (Å²) in [4.78, 5) is 12.1. The van der Waals surface area contributed by atoms with Gasteiger partial charge in [-0.2, -0.15) is 5.10 Å². The van der Waals surface area contributed by atoms with E-state index in [9.17, 15) is 4.79 Å². The standard InChI is InChI=1S/C28H25N3O3/c1-2-7-27(32)29-28-24-16-23(26-10-6-15-33-26)22(17-25(24)30-31-28)20-11-13-21(14-12-20)34-18-19-8-4-3-5-9-19/h3-6,8-17H,2,7,18H2,1H3,(H2,29,30,31,32). The van der Waals surface area contributed by atoms with E-state index in [4.69, 9.17) is 9.15 Å². The molecule has 2 heterocycles. The molecule has 3 aromatic carbocycles. The van der Waals surface area contributed by atoms with E-state index in [1.54, 1.807) is 6.26 Å². The van der Waals surface area contributed by atoms with Crippen LogP contribution in [0.15, 0.2) is 89.5 Å². The Balaban J connectivity index is 1.47. The van der Waals surface area contributed by atoms with Crippen LogP contribution >= 0.6 is 0 Å². The summed E-state index contributed by atoms with van der Waals surface area (Å²) in [7, 11) is 0. The molecule has 5 aromatic rings. The second kappa shape index (κ2) is 9.67. The number of H-pyrrole nitrogens is 1. The highest BCUT2D eigenvalue weighted by Crippen LogP contribution is 2.38. The molecular weight excluding hydrogens is 426 g/mol. The third-order valence-electron chi connectivity index (χ3n) is 5.64. The summed E-state index contributed by atoms with van der Waals surface area (Å²) in [6.07, 6.45) is 2.89. The smallest absolute Gasteiger partial charge is 0.225 e. The van der Waals surface area contributed by atoms with Gasteiger partial charge in [-0.15, -0.1) is 0 Å². The number of carbonyl (C=O) groups excluding carboxylic acids is 1. The van der Waals surface area contributed by atoms with E-state index in [0.717, 1.165) is 51.1 Å². The average Bonchev–Trinajstić information content (AvgIpc) is 3.54. The molecule has 5 rings (SSSR count). The van der Waals surface area contributed by atoms with E-state index in [1.807, 2.05) is 85.8 Å². The van der Waals surface area contributed by atoms with Crippen LogP contribution in [0.5, 0.6) is 5.75 Å². The molecule has 6 nitrogen and oxygen atoms in total. The zero-order valence-corrected chi connectivity index (χ0v) is 18.9. The molecule has 6 heteroatoms. The van der Waals surface area contributed by atoms with Crippen molar-refractivity contribution < 1.29 is 13.9 Å². The largest absolute Gasteiger partial charge is 0.489 e. The second-order valence-corrected chi connectivity index (χ2v) is 8.09. The Morgan fingerprint density at radius 3 is 2.56 bits per heavy atom. The minimum atomic E-state index is -0.0504. The number of carbonyl (C=O) groups is 1. The van der Waals surface area contributed by atoms with Crippen LogP contribution < -0.4 is 10.1 Å². The number of nitrogens with one attached hydrogen (secondary N) is 2. The van der Waals surface area contributed by atoms with E-state index in [1.165, 1.54) is 0 Å². The van der Waals surface area contributed by atoms with Gasteiger partial charge in [0.25, 0.3) is 0 Å². The van der Waals surface area contributed by atoms with E-state index < -0.39 is 0 Å². The van der Waals surface area contributed by atoms with Crippen LogP contribution in [0.25, 0.3) is 33.4 Å². The molecule has 0 fully saturated rings. The van der Waals surface area contributed by atoms with Gasteiger partial charge in [0.2, 0.25) is 5.91 Å². The molecular formula is C28H25N3O3. The third kappa shape index (κ3) is 4.57. The summed E-state index contributed by atoms with van der Waals surface area (Å²) < 4.78 is 11.7. The number of nitrogens with zero attached hydrogens (tertiary/aromatic N) is 1. The number of aromatic amines is 1. The number of aromatic nitrogens is 2. The maximum absolute atomic E-state index is 12.1. The monoisotopic (exact) mass is 451 g/mol. The molecule has 170 valence electrons. The SMILES string of the molecule is CCCC(=O)Nc1n[nH]c2cc(-c3ccc(OCc4ccccc4)cc3)c(-c3ccco3)cc12. The van der Waals surface area contributed by atoms with Gasteiger partial charge in [-0.1, -0.05) is 49.4 Å². The zero-order valence-electron chi connectivity index (χ0n) is 18.9. The van der Waals surface area contributed by atoms with Crippen molar-refractivity contribution in [2.75, 3.05) is 5.32 Å². The summed E-state index contributed by atoms with van der Waals surface area (Å²) in [5.41, 5.74) is 4.89. The molecule has 0 bridgehead atoms. The number of anilines is 1. The molecule has 0 unspecified atom stereocenters. The number of rotatable bonds is 8. The lowest BCUT2D eigenvalue weighted by Crippen LogP contribution is -2.11. The van der Waals surface area contributed by atoms with Gasteiger partial charge in [-0.25, -0.2) is 0 Å². The Labute approximate surface area is 197 Å². The molecule has 1 amide bonds. The van der Waals surface area contributed by atoms with Crippen LogP contribution in [-0.4, -0.2) is 16.1 Å². The van der Waals surface area contributed by atoms with Crippen molar-refractivity contribution in [3.05, 3.63) is 90.7 Å². The Morgan fingerprint density at radius 1 is 1.00 bits per heavy atom. The fraction of sp³-hybridized carbons (Fsp3) is 0.143. The number of amides is 1. The highest BCUT2D eigenvalue weighted by Gasteiger charge is 2.16. The van der Waals surface area contributed by atoms with Crippen LogP contribution in [-0.2, 0) is 11.4 Å². The van der Waals surface area contributed by atoms with Crippen molar-refractivity contribution in [3.8, 4) is 28.2 Å². The molecule has 0 saturated heterocycles. The molecule has 0 radical (unpaired) electrons. The fourth-order valence-electron chi connectivity index (χ4n) is 3.93. The van der Waals surface area contributed by atoms with Gasteiger partial charge in [0.05, 0.1) is 11.8 Å². The number of hydrogen-bond acceptors (Lipinski definition) is 4. The Morgan fingerprint density at radius 2 is 1.82 bits per heavy atom. The van der Waals surface area contributed by atoms with Gasteiger partial charge >= 0.3 is 0 Å². The first kappa shape index (κ1) is 21.5. The molecule has 0 aliphatic heterocycles. The van der Waals surface area contributed by atoms with Gasteiger partial charge in [0.15, 0.2) is 5.82 Å². The molecule has 2 aromatic heterocycles. The van der Waals surface area contributed by atoms with E-state index in [-0.39, 0.29) is 5.91 Å². The Kier molecular flexibility index (Phi) is 6.12. The molecule has 2 N–H and O–H groups in total. The summed E-state index contributed by atoms with van der Waals surface area (Å²) in [5.74, 6) is 2.02. The molecule has 0 saturated carbocycles. The lowest BCUT2D eigenvalue weighted by atomic mass is 9.96. The maximum Gasteiger partial charge on any atom is 0.225 e. The van der Waals surface area contributed by atoms with Crippen molar-refractivity contribution in [2.45, 2.75) is 26.4 Å². The van der Waals surface area contributed by atoms with Crippen LogP contribution in [0.4, 0.5) is 5.82 Å². The molecule has 0 aliphatic carbocycles. The van der Waals surface area contributed by atoms with E-state index >= 15 is 0 Å². The number of ether oxygens (including phenoxy) is 1. The number of fused-ring (bicyclic) bond motifs is 1. The van der Waals surface area contributed by atoms with Crippen LogP contribution in [0.2, 0.25) is 0 Å². The molecule has 34 heavy (non-hydrogen) atoms. The highest BCUT2D eigenvalue weighted by atomic mass is 16.5. The van der Waals surface area contributed by atoms with Gasteiger partial charge in [-0.05, 0) is 59.5 Å². The Hall–Kier alpha value is -4.32. The van der Waals surface area contributed by atoms with Crippen molar-refractivity contribution in [2.24, 2.45) is 0 Å². The summed E-state index contributed by atoms with van der Waals surface area (Å²) in [5, 5.41) is 11.1. The van der Waals surface area contributed by atoms with Gasteiger partial charge in [0, 0.05) is 17.4 Å². The van der Waals surface area contributed by atoms with Crippen molar-refractivity contribution in [3.63, 3.8) is 0 Å². The van der Waals surface area contributed by atoms with Crippen LogP contribution in [0.3, 0.4) is 0 Å². The predicted octanol–water partition coefficient (Wildman–Crippen LogP) is 6.81.